The van der Waals surface area contributed by atoms with Gasteiger partial charge in [0.05, 0.1) is 11.7 Å². The number of hydrogen-bond acceptors (Lipinski definition) is 8. The summed E-state index contributed by atoms with van der Waals surface area (Å²) in [6, 6.07) is 13.2. The van der Waals surface area contributed by atoms with E-state index in [0.29, 0.717) is 37.9 Å². The summed E-state index contributed by atoms with van der Waals surface area (Å²) in [5, 5.41) is 24.0. The predicted molar refractivity (Wildman–Crippen MR) is 148 cm³/mol. The van der Waals surface area contributed by atoms with Crippen molar-refractivity contribution in [2.45, 2.75) is 69.0 Å². The number of nitrogens with one attached hydrogen (secondary N) is 1. The van der Waals surface area contributed by atoms with Crippen molar-refractivity contribution in [2.75, 3.05) is 31.1 Å². The number of β-amino-alcohol motifs (C(OH)–C–C–N with tert-alkyl or cyclic N) is 1. The molecule has 10 nitrogen and oxygen atoms in total. The molecular formula is C30H37N5O5. The van der Waals surface area contributed by atoms with Gasteiger partial charge >= 0.3 is 0 Å². The summed E-state index contributed by atoms with van der Waals surface area (Å²) in [5.41, 5.74) is 9.42. The SMILES string of the molecule is N[C@@H]1CCN(c2ccc(CN3CCC(O)(c4ccc5c(c4)CN(C4CCC(=O)NC4=O)C5=O)CC3)cc2)C[C@H]1O. The van der Waals surface area contributed by atoms with E-state index < -0.39 is 23.7 Å². The van der Waals surface area contributed by atoms with E-state index in [0.717, 1.165) is 49.4 Å². The number of carbonyl (C=O) groups is 3. The Balaban J connectivity index is 1.06. The van der Waals surface area contributed by atoms with Crippen molar-refractivity contribution < 1.29 is 24.6 Å². The van der Waals surface area contributed by atoms with E-state index in [-0.39, 0.29) is 24.3 Å². The van der Waals surface area contributed by atoms with Crippen molar-refractivity contribution in [2.24, 2.45) is 5.73 Å². The van der Waals surface area contributed by atoms with Gasteiger partial charge in [0.25, 0.3) is 5.91 Å². The fraction of sp³-hybridized carbons (Fsp3) is 0.500. The number of anilines is 1. The molecule has 212 valence electrons. The molecule has 4 aliphatic rings. The summed E-state index contributed by atoms with van der Waals surface area (Å²) in [7, 11) is 0. The second-order valence-corrected chi connectivity index (χ2v) is 11.7. The number of aliphatic hydroxyl groups excluding tert-OH is 1. The van der Waals surface area contributed by atoms with E-state index in [9.17, 15) is 24.6 Å². The Hall–Kier alpha value is -3.31. The van der Waals surface area contributed by atoms with Crippen molar-refractivity contribution in [3.63, 3.8) is 0 Å². The standard InChI is InChI=1S/C30H37N5O5/c31-24-9-12-34(18-26(24)36)22-4-1-19(2-5-22)16-33-13-10-30(40,11-14-33)21-3-6-23-20(15-21)17-35(29(23)39)25-7-8-27(37)32-28(25)38/h1-6,15,24-26,36,40H,7-14,16-18,31H2,(H,32,37,38)/t24-,25?,26-/m1/s1. The third-order valence-corrected chi connectivity index (χ3v) is 9.09. The number of amides is 3. The van der Waals surface area contributed by atoms with Gasteiger partial charge in [-0.3, -0.25) is 24.6 Å². The molecule has 5 N–H and O–H groups in total. The third-order valence-electron chi connectivity index (χ3n) is 9.09. The largest absolute Gasteiger partial charge is 0.390 e. The molecule has 3 amide bonds. The molecule has 3 atom stereocenters. The van der Waals surface area contributed by atoms with Crippen LogP contribution in [0.2, 0.25) is 0 Å². The molecule has 4 aliphatic heterocycles. The van der Waals surface area contributed by atoms with Crippen molar-refractivity contribution in [1.82, 2.24) is 15.1 Å². The summed E-state index contributed by atoms with van der Waals surface area (Å²) in [6.45, 7) is 3.98. The molecule has 0 radical (unpaired) electrons. The van der Waals surface area contributed by atoms with Gasteiger partial charge in [-0.1, -0.05) is 24.3 Å². The molecule has 2 aromatic carbocycles. The molecular weight excluding hydrogens is 510 g/mol. The highest BCUT2D eigenvalue weighted by Crippen LogP contribution is 2.37. The van der Waals surface area contributed by atoms with Crippen molar-refractivity contribution in [3.05, 3.63) is 64.7 Å². The highest BCUT2D eigenvalue weighted by molar-refractivity contribution is 6.05. The Morgan fingerprint density at radius 3 is 2.45 bits per heavy atom. The lowest BCUT2D eigenvalue weighted by Crippen LogP contribution is -2.52. The van der Waals surface area contributed by atoms with Crippen LogP contribution in [0.3, 0.4) is 0 Å². The van der Waals surface area contributed by atoms with Crippen LogP contribution in [0.4, 0.5) is 5.69 Å². The fourth-order valence-electron chi connectivity index (χ4n) is 6.49. The molecule has 10 heteroatoms. The number of likely N-dealkylation sites (tertiary alicyclic amines) is 1. The number of benzene rings is 2. The van der Waals surface area contributed by atoms with Gasteiger partial charge < -0.3 is 25.7 Å². The van der Waals surface area contributed by atoms with Crippen LogP contribution in [0.1, 0.15) is 59.2 Å². The summed E-state index contributed by atoms with van der Waals surface area (Å²) in [5.74, 6) is -0.931. The van der Waals surface area contributed by atoms with Crippen LogP contribution in [0.15, 0.2) is 42.5 Å². The number of aliphatic hydroxyl groups is 2. The van der Waals surface area contributed by atoms with E-state index in [4.69, 9.17) is 5.73 Å². The molecule has 0 spiro atoms. The molecule has 0 aromatic heterocycles. The Kier molecular flexibility index (Phi) is 7.12. The second-order valence-electron chi connectivity index (χ2n) is 11.7. The van der Waals surface area contributed by atoms with Gasteiger partial charge in [0.2, 0.25) is 11.8 Å². The normalized spacial score (nSPS) is 27.1. The average molecular weight is 548 g/mol. The minimum atomic E-state index is -0.976. The molecule has 2 aromatic rings. The lowest BCUT2D eigenvalue weighted by atomic mass is 9.83. The van der Waals surface area contributed by atoms with E-state index in [1.54, 1.807) is 6.07 Å². The Labute approximate surface area is 233 Å². The first-order valence-electron chi connectivity index (χ1n) is 14.2. The maximum absolute atomic E-state index is 13.0. The summed E-state index contributed by atoms with van der Waals surface area (Å²) >= 11 is 0. The number of imide groups is 1. The molecule has 40 heavy (non-hydrogen) atoms. The number of nitrogens with zero attached hydrogens (tertiary/aromatic N) is 3. The first kappa shape index (κ1) is 26.9. The number of carbonyl (C=O) groups excluding carboxylic acids is 3. The van der Waals surface area contributed by atoms with Crippen LogP contribution in [0.25, 0.3) is 0 Å². The van der Waals surface area contributed by atoms with Crippen LogP contribution < -0.4 is 16.0 Å². The number of nitrogens with two attached hydrogens (primary N) is 1. The molecule has 3 fully saturated rings. The van der Waals surface area contributed by atoms with Gasteiger partial charge in [-0.2, -0.15) is 0 Å². The van der Waals surface area contributed by atoms with Gasteiger partial charge in [0.1, 0.15) is 6.04 Å². The highest BCUT2D eigenvalue weighted by atomic mass is 16.3. The highest BCUT2D eigenvalue weighted by Gasteiger charge is 2.41. The van der Waals surface area contributed by atoms with E-state index in [2.05, 4.69) is 39.4 Å². The van der Waals surface area contributed by atoms with E-state index >= 15 is 0 Å². The van der Waals surface area contributed by atoms with Crippen LogP contribution in [-0.2, 0) is 28.3 Å². The molecule has 1 unspecified atom stereocenters. The Morgan fingerprint density at radius 2 is 1.75 bits per heavy atom. The van der Waals surface area contributed by atoms with Crippen LogP contribution in [0.5, 0.6) is 0 Å². The first-order chi connectivity index (χ1) is 19.2. The monoisotopic (exact) mass is 547 g/mol. The maximum atomic E-state index is 13.0. The Morgan fingerprint density at radius 1 is 1.00 bits per heavy atom. The quantitative estimate of drug-likeness (QED) is 0.404. The van der Waals surface area contributed by atoms with Crippen molar-refractivity contribution in [3.8, 4) is 0 Å². The minimum absolute atomic E-state index is 0.153. The van der Waals surface area contributed by atoms with E-state index in [1.807, 2.05) is 12.1 Å². The van der Waals surface area contributed by atoms with Gasteiger partial charge in [-0.05, 0) is 60.6 Å². The van der Waals surface area contributed by atoms with Gasteiger partial charge in [0.15, 0.2) is 0 Å². The first-order valence-corrected chi connectivity index (χ1v) is 14.2. The number of hydrogen-bond donors (Lipinski definition) is 4. The topological polar surface area (TPSA) is 139 Å². The molecule has 0 saturated carbocycles. The second kappa shape index (κ2) is 10.6. The smallest absolute Gasteiger partial charge is 0.255 e. The molecule has 0 aliphatic carbocycles. The fourth-order valence-corrected chi connectivity index (χ4v) is 6.49. The zero-order valence-electron chi connectivity index (χ0n) is 22.6. The van der Waals surface area contributed by atoms with Crippen LogP contribution >= 0.6 is 0 Å². The van der Waals surface area contributed by atoms with Crippen molar-refractivity contribution >= 4 is 23.4 Å². The van der Waals surface area contributed by atoms with Crippen LogP contribution in [0, 0.1) is 0 Å². The predicted octanol–water partition coefficient (Wildman–Crippen LogP) is 0.830. The summed E-state index contributed by atoms with van der Waals surface area (Å²) in [6.07, 6.45) is 1.99. The molecule has 3 saturated heterocycles. The number of fused-ring (bicyclic) bond motifs is 1. The average Bonchev–Trinajstić information content (AvgIpc) is 3.27. The van der Waals surface area contributed by atoms with Crippen molar-refractivity contribution in [1.29, 1.82) is 0 Å². The lowest BCUT2D eigenvalue weighted by Gasteiger charge is -2.39. The summed E-state index contributed by atoms with van der Waals surface area (Å²) < 4.78 is 0. The van der Waals surface area contributed by atoms with Crippen LogP contribution in [-0.4, -0.2) is 82.1 Å². The lowest BCUT2D eigenvalue weighted by molar-refractivity contribution is -0.136. The molecule has 0 bridgehead atoms. The molecule has 4 heterocycles. The molecule has 6 rings (SSSR count). The number of piperidine rings is 3. The minimum Gasteiger partial charge on any atom is -0.390 e. The van der Waals surface area contributed by atoms with Gasteiger partial charge in [0, 0.05) is 63.0 Å². The van der Waals surface area contributed by atoms with Gasteiger partial charge in [-0.25, -0.2) is 0 Å². The zero-order valence-corrected chi connectivity index (χ0v) is 22.6. The number of rotatable bonds is 5. The summed E-state index contributed by atoms with van der Waals surface area (Å²) in [4.78, 5) is 42.9. The third kappa shape index (κ3) is 5.12. The van der Waals surface area contributed by atoms with E-state index in [1.165, 1.54) is 10.5 Å². The maximum Gasteiger partial charge on any atom is 0.255 e. The zero-order chi connectivity index (χ0) is 28.0. The Bertz CT molecular complexity index is 1310. The van der Waals surface area contributed by atoms with Gasteiger partial charge in [-0.15, -0.1) is 0 Å².